The molecule has 3 aromatic rings. The number of hydrogen-bond acceptors (Lipinski definition) is 6. The minimum atomic E-state index is -2.72. The van der Waals surface area contributed by atoms with Gasteiger partial charge >= 0.3 is 0 Å². The predicted octanol–water partition coefficient (Wildman–Crippen LogP) is 7.54. The molecule has 1 saturated heterocycles. The molecule has 0 atom stereocenters. The van der Waals surface area contributed by atoms with Crippen molar-refractivity contribution in [2.45, 2.75) is 58.8 Å². The standard InChI is InChI=1S/C23H24N4O.C11H16F2O/c1-15-9-19(4-3-18(15)10-16(2)28)21-13-25-23(26-14-21)27-22-7-5-17(6-8-22)20-11-24-12-20;1-8(2)7-9(14-4)11(5-6-11)10(3,12)13/h3-9,13-14,20,24H,10-12H2,1-2H3,(H,25,26,27);7H,1,5-6H2,2-4H3/b;9-7-. The normalized spacial score (nSPS) is 16.0. The summed E-state index contributed by atoms with van der Waals surface area (Å²) >= 11 is 0. The number of Topliss-reactive ketones (excluding diaryl/α,β-unsaturated/α-hetero) is 1. The highest BCUT2D eigenvalue weighted by atomic mass is 19.3. The number of hydrogen-bond donors (Lipinski definition) is 2. The van der Waals surface area contributed by atoms with Gasteiger partial charge in [-0.05, 0) is 74.1 Å². The number of benzene rings is 2. The van der Waals surface area contributed by atoms with Crippen molar-refractivity contribution in [2.75, 3.05) is 25.5 Å². The van der Waals surface area contributed by atoms with Gasteiger partial charge in [0, 0.05) is 56.0 Å². The second-order valence-electron chi connectivity index (χ2n) is 11.4. The van der Waals surface area contributed by atoms with E-state index in [1.165, 1.54) is 12.7 Å². The van der Waals surface area contributed by atoms with Crippen LogP contribution in [0.3, 0.4) is 0 Å². The number of carbonyl (C=O) groups excluding carboxylic acids is 1. The number of allylic oxidation sites excluding steroid dienone is 3. The van der Waals surface area contributed by atoms with Gasteiger partial charge in [-0.25, -0.2) is 18.7 Å². The van der Waals surface area contributed by atoms with Crippen LogP contribution in [0.5, 0.6) is 0 Å². The molecule has 6 nitrogen and oxygen atoms in total. The number of nitrogens with zero attached hydrogens (tertiary/aromatic N) is 2. The first kappa shape index (κ1) is 31.0. The molecule has 2 heterocycles. The Morgan fingerprint density at radius 2 is 1.76 bits per heavy atom. The predicted molar refractivity (Wildman–Crippen MR) is 164 cm³/mol. The van der Waals surface area contributed by atoms with E-state index >= 15 is 0 Å². The lowest BCUT2D eigenvalue weighted by molar-refractivity contribution is -0.116. The molecule has 1 aliphatic carbocycles. The van der Waals surface area contributed by atoms with Crippen molar-refractivity contribution in [3.8, 4) is 11.1 Å². The maximum atomic E-state index is 13.3. The molecule has 0 bridgehead atoms. The summed E-state index contributed by atoms with van der Waals surface area (Å²) in [6.45, 7) is 12.2. The van der Waals surface area contributed by atoms with E-state index in [1.807, 2.05) is 31.5 Å². The second-order valence-corrected chi connectivity index (χ2v) is 11.4. The van der Waals surface area contributed by atoms with Crippen molar-refractivity contribution in [1.82, 2.24) is 15.3 Å². The van der Waals surface area contributed by atoms with Crippen LogP contribution in [0.4, 0.5) is 20.4 Å². The zero-order valence-electron chi connectivity index (χ0n) is 25.1. The van der Waals surface area contributed by atoms with Gasteiger partial charge in [-0.1, -0.05) is 42.5 Å². The lowest BCUT2D eigenvalue weighted by Gasteiger charge is -2.27. The zero-order chi connectivity index (χ0) is 30.5. The van der Waals surface area contributed by atoms with Crippen LogP contribution in [0.15, 0.2) is 78.8 Å². The molecule has 2 aliphatic rings. The van der Waals surface area contributed by atoms with Crippen molar-refractivity contribution in [2.24, 2.45) is 5.41 Å². The van der Waals surface area contributed by atoms with Crippen LogP contribution in [-0.2, 0) is 16.0 Å². The fraction of sp³-hybridized carbons (Fsp3) is 0.382. The Kier molecular flexibility index (Phi) is 9.57. The molecule has 0 spiro atoms. The topological polar surface area (TPSA) is 76.1 Å². The molecule has 2 N–H and O–H groups in total. The van der Waals surface area contributed by atoms with Crippen LogP contribution in [0.2, 0.25) is 0 Å². The molecule has 1 saturated carbocycles. The molecule has 0 unspecified atom stereocenters. The number of nitrogens with one attached hydrogen (secondary N) is 2. The minimum Gasteiger partial charge on any atom is -0.500 e. The summed E-state index contributed by atoms with van der Waals surface area (Å²) < 4.78 is 31.6. The minimum absolute atomic E-state index is 0.173. The first-order valence-electron chi connectivity index (χ1n) is 14.2. The van der Waals surface area contributed by atoms with Crippen molar-refractivity contribution >= 4 is 17.4 Å². The molecule has 0 radical (unpaired) electrons. The Hall–Kier alpha value is -3.91. The van der Waals surface area contributed by atoms with E-state index in [-0.39, 0.29) is 5.78 Å². The second kappa shape index (κ2) is 12.9. The Labute approximate surface area is 247 Å². The van der Waals surface area contributed by atoms with E-state index in [9.17, 15) is 13.6 Å². The van der Waals surface area contributed by atoms with Crippen molar-refractivity contribution in [3.63, 3.8) is 0 Å². The van der Waals surface area contributed by atoms with Crippen molar-refractivity contribution in [1.29, 1.82) is 0 Å². The van der Waals surface area contributed by atoms with E-state index in [1.54, 1.807) is 19.9 Å². The van der Waals surface area contributed by atoms with E-state index < -0.39 is 11.3 Å². The number of ketones is 1. The van der Waals surface area contributed by atoms with Gasteiger partial charge in [0.05, 0.1) is 12.5 Å². The third kappa shape index (κ3) is 7.48. The van der Waals surface area contributed by atoms with E-state index in [0.717, 1.165) is 53.5 Å². The average Bonchev–Trinajstić information content (AvgIpc) is 3.72. The Morgan fingerprint density at radius 3 is 2.21 bits per heavy atom. The number of alkyl halides is 2. The molecule has 1 aromatic heterocycles. The number of halogens is 2. The molecule has 2 fully saturated rings. The number of methoxy groups -OCH3 is 1. The molecular formula is C34H40F2N4O2. The Morgan fingerprint density at radius 1 is 1.12 bits per heavy atom. The highest BCUT2D eigenvalue weighted by Gasteiger charge is 2.62. The maximum Gasteiger partial charge on any atom is 0.257 e. The lowest BCUT2D eigenvalue weighted by Crippen LogP contribution is -2.39. The smallest absolute Gasteiger partial charge is 0.257 e. The molecule has 2 aromatic carbocycles. The van der Waals surface area contributed by atoms with Gasteiger partial charge < -0.3 is 15.4 Å². The van der Waals surface area contributed by atoms with Crippen molar-refractivity contribution in [3.05, 3.63) is 95.5 Å². The summed E-state index contributed by atoms with van der Waals surface area (Å²) in [5, 5.41) is 6.55. The molecule has 0 amide bonds. The van der Waals surface area contributed by atoms with Gasteiger partial charge in [0.2, 0.25) is 5.95 Å². The third-order valence-electron chi connectivity index (χ3n) is 7.85. The summed E-state index contributed by atoms with van der Waals surface area (Å²) in [7, 11) is 1.43. The Bertz CT molecular complexity index is 1440. The van der Waals surface area contributed by atoms with Gasteiger partial charge in [-0.15, -0.1) is 0 Å². The number of rotatable bonds is 10. The van der Waals surface area contributed by atoms with Crippen LogP contribution in [0.25, 0.3) is 11.1 Å². The molecule has 1 aliphatic heterocycles. The van der Waals surface area contributed by atoms with Crippen LogP contribution < -0.4 is 10.6 Å². The fourth-order valence-electron chi connectivity index (χ4n) is 5.02. The summed E-state index contributed by atoms with van der Waals surface area (Å²) in [4.78, 5) is 20.2. The zero-order valence-corrected chi connectivity index (χ0v) is 25.1. The average molecular weight is 575 g/mol. The first-order valence-corrected chi connectivity index (χ1v) is 14.2. The van der Waals surface area contributed by atoms with Gasteiger partial charge in [-0.2, -0.15) is 0 Å². The van der Waals surface area contributed by atoms with Crippen LogP contribution in [-0.4, -0.2) is 41.9 Å². The number of anilines is 2. The molecule has 5 rings (SSSR count). The van der Waals surface area contributed by atoms with E-state index in [4.69, 9.17) is 4.74 Å². The summed E-state index contributed by atoms with van der Waals surface area (Å²) in [5.74, 6) is -0.976. The van der Waals surface area contributed by atoms with Crippen LogP contribution in [0, 0.1) is 12.3 Å². The number of carbonyl (C=O) groups is 1. The summed E-state index contributed by atoms with van der Waals surface area (Å²) in [5.41, 5.74) is 6.19. The number of ether oxygens (including phenoxy) is 1. The first-order chi connectivity index (χ1) is 19.9. The van der Waals surface area contributed by atoms with Gasteiger partial charge in [-0.3, -0.25) is 4.79 Å². The monoisotopic (exact) mass is 574 g/mol. The number of aryl methyl sites for hydroxylation is 1. The van der Waals surface area contributed by atoms with Gasteiger partial charge in [0.15, 0.2) is 0 Å². The molecule has 8 heteroatoms. The number of aromatic nitrogens is 2. The highest BCUT2D eigenvalue weighted by molar-refractivity contribution is 5.79. The highest BCUT2D eigenvalue weighted by Crippen LogP contribution is 2.61. The van der Waals surface area contributed by atoms with Crippen molar-refractivity contribution < 1.29 is 18.3 Å². The van der Waals surface area contributed by atoms with E-state index in [0.29, 0.717) is 36.9 Å². The van der Waals surface area contributed by atoms with Crippen LogP contribution >= 0.6 is 0 Å². The maximum absolute atomic E-state index is 13.3. The SMILES string of the molecule is C=C(C)/C=C(\OC)C1(C(C)(F)F)CC1.CC(=O)Cc1ccc(-c2cnc(Nc3ccc(C4CNC4)cc3)nc2)cc1C. The molecular weight excluding hydrogens is 534 g/mol. The van der Waals surface area contributed by atoms with Gasteiger partial charge in [0.1, 0.15) is 11.5 Å². The lowest BCUT2D eigenvalue weighted by atomic mass is 9.94. The molecule has 222 valence electrons. The quantitative estimate of drug-likeness (QED) is 0.192. The summed E-state index contributed by atoms with van der Waals surface area (Å²) in [6.07, 6.45) is 6.70. The van der Waals surface area contributed by atoms with Crippen LogP contribution in [0.1, 0.15) is 56.2 Å². The summed E-state index contributed by atoms with van der Waals surface area (Å²) in [6, 6.07) is 14.6. The molecule has 42 heavy (non-hydrogen) atoms. The van der Waals surface area contributed by atoms with E-state index in [2.05, 4.69) is 57.5 Å². The third-order valence-corrected chi connectivity index (χ3v) is 7.85. The largest absolute Gasteiger partial charge is 0.500 e. The van der Waals surface area contributed by atoms with Gasteiger partial charge in [0.25, 0.3) is 5.92 Å². The fourth-order valence-corrected chi connectivity index (χ4v) is 5.02. The Balaban J connectivity index is 0.000000244.